The molecule has 1 heterocycles. The zero-order chi connectivity index (χ0) is 12.8. The van der Waals surface area contributed by atoms with E-state index in [1.165, 1.54) is 0 Å². The third-order valence-electron chi connectivity index (χ3n) is 3.28. The van der Waals surface area contributed by atoms with Crippen LogP contribution < -0.4 is 5.73 Å². The van der Waals surface area contributed by atoms with Crippen LogP contribution in [-0.2, 0) is 9.53 Å². The van der Waals surface area contributed by atoms with Crippen LogP contribution in [0.4, 0.5) is 0 Å². The van der Waals surface area contributed by atoms with E-state index in [0.717, 1.165) is 25.9 Å². The van der Waals surface area contributed by atoms with E-state index in [1.807, 2.05) is 11.8 Å². The van der Waals surface area contributed by atoms with Crippen LogP contribution in [0, 0.1) is 11.8 Å². The molecule has 0 aliphatic carbocycles. The van der Waals surface area contributed by atoms with Crippen molar-refractivity contribution in [3.8, 4) is 0 Å². The van der Waals surface area contributed by atoms with Crippen molar-refractivity contribution in [1.29, 1.82) is 0 Å². The molecule has 98 valence electrons. The van der Waals surface area contributed by atoms with E-state index in [2.05, 4.69) is 0 Å². The van der Waals surface area contributed by atoms with E-state index in [1.54, 1.807) is 7.11 Å². The largest absolute Gasteiger partial charge is 0.393 e. The van der Waals surface area contributed by atoms with Crippen molar-refractivity contribution in [1.82, 2.24) is 4.90 Å². The first-order valence-corrected chi connectivity index (χ1v) is 6.58. The van der Waals surface area contributed by atoms with Gasteiger partial charge in [-0.1, -0.05) is 19.1 Å². The minimum Gasteiger partial charge on any atom is -0.393 e. The van der Waals surface area contributed by atoms with E-state index in [9.17, 15) is 4.79 Å². The van der Waals surface area contributed by atoms with Gasteiger partial charge in [-0.25, -0.2) is 0 Å². The SMILES string of the molecule is CCC(C(=O)N1CCCC(COC)C1)C(N)=S. The van der Waals surface area contributed by atoms with Gasteiger partial charge in [0, 0.05) is 20.2 Å². The maximum absolute atomic E-state index is 12.2. The monoisotopic (exact) mass is 258 g/mol. The summed E-state index contributed by atoms with van der Waals surface area (Å²) in [5.41, 5.74) is 5.61. The Hall–Kier alpha value is -0.680. The summed E-state index contributed by atoms with van der Waals surface area (Å²) in [6, 6.07) is 0. The summed E-state index contributed by atoms with van der Waals surface area (Å²) >= 11 is 4.95. The van der Waals surface area contributed by atoms with Crippen molar-refractivity contribution >= 4 is 23.1 Å². The number of piperidine rings is 1. The molecule has 1 amide bonds. The lowest BCUT2D eigenvalue weighted by Crippen LogP contribution is -2.46. The molecule has 0 aromatic carbocycles. The lowest BCUT2D eigenvalue weighted by Gasteiger charge is -2.34. The predicted octanol–water partition coefficient (Wildman–Crippen LogP) is 1.18. The lowest BCUT2D eigenvalue weighted by molar-refractivity contribution is -0.135. The Morgan fingerprint density at radius 3 is 2.88 bits per heavy atom. The fraction of sp³-hybridized carbons (Fsp3) is 0.833. The Kier molecular flexibility index (Phi) is 5.85. The molecule has 1 rings (SSSR count). The number of nitrogens with zero attached hydrogens (tertiary/aromatic N) is 1. The molecule has 0 aromatic rings. The Morgan fingerprint density at radius 2 is 2.35 bits per heavy atom. The summed E-state index contributed by atoms with van der Waals surface area (Å²) in [6.07, 6.45) is 2.84. The highest BCUT2D eigenvalue weighted by Crippen LogP contribution is 2.19. The van der Waals surface area contributed by atoms with E-state index in [-0.39, 0.29) is 11.8 Å². The van der Waals surface area contributed by atoms with Crippen molar-refractivity contribution in [2.75, 3.05) is 26.8 Å². The summed E-state index contributed by atoms with van der Waals surface area (Å²) in [5, 5.41) is 0. The number of likely N-dealkylation sites (tertiary alicyclic amines) is 1. The standard InChI is InChI=1S/C12H22N2O2S/c1-3-10(11(13)17)12(15)14-6-4-5-9(7-14)8-16-2/h9-10H,3-8H2,1-2H3,(H2,13,17). The van der Waals surface area contributed by atoms with Gasteiger partial charge in [0.25, 0.3) is 0 Å². The maximum Gasteiger partial charge on any atom is 0.232 e. The molecule has 17 heavy (non-hydrogen) atoms. The Bertz CT molecular complexity index is 282. The van der Waals surface area contributed by atoms with Crippen LogP contribution >= 0.6 is 12.2 Å². The topological polar surface area (TPSA) is 55.6 Å². The lowest BCUT2D eigenvalue weighted by atomic mass is 9.96. The first kappa shape index (κ1) is 14.4. The van der Waals surface area contributed by atoms with Crippen molar-refractivity contribution in [2.24, 2.45) is 17.6 Å². The number of hydrogen-bond donors (Lipinski definition) is 1. The second-order valence-corrected chi connectivity index (χ2v) is 5.08. The quantitative estimate of drug-likeness (QED) is 0.753. The van der Waals surface area contributed by atoms with E-state index in [0.29, 0.717) is 23.9 Å². The molecule has 2 N–H and O–H groups in total. The molecule has 4 nitrogen and oxygen atoms in total. The number of hydrogen-bond acceptors (Lipinski definition) is 3. The number of carbonyl (C=O) groups is 1. The van der Waals surface area contributed by atoms with Gasteiger partial charge in [0.1, 0.15) is 0 Å². The molecule has 5 heteroatoms. The third-order valence-corrected chi connectivity index (χ3v) is 3.57. The number of rotatable bonds is 5. The maximum atomic E-state index is 12.2. The summed E-state index contributed by atoms with van der Waals surface area (Å²) in [5.74, 6) is 0.230. The van der Waals surface area contributed by atoms with Crippen molar-refractivity contribution in [2.45, 2.75) is 26.2 Å². The average molecular weight is 258 g/mol. The van der Waals surface area contributed by atoms with Crippen LogP contribution in [0.25, 0.3) is 0 Å². The molecule has 2 unspecified atom stereocenters. The Morgan fingerprint density at radius 1 is 1.65 bits per heavy atom. The molecule has 0 bridgehead atoms. The highest BCUT2D eigenvalue weighted by Gasteiger charge is 2.29. The van der Waals surface area contributed by atoms with E-state index >= 15 is 0 Å². The highest BCUT2D eigenvalue weighted by molar-refractivity contribution is 7.80. The van der Waals surface area contributed by atoms with Crippen molar-refractivity contribution < 1.29 is 9.53 Å². The number of methoxy groups -OCH3 is 1. The van der Waals surface area contributed by atoms with Crippen LogP contribution in [-0.4, -0.2) is 42.6 Å². The molecule has 0 radical (unpaired) electrons. The molecule has 1 aliphatic heterocycles. The van der Waals surface area contributed by atoms with Gasteiger partial charge in [-0.3, -0.25) is 4.79 Å². The van der Waals surface area contributed by atoms with Crippen LogP contribution in [0.1, 0.15) is 26.2 Å². The van der Waals surface area contributed by atoms with Crippen molar-refractivity contribution in [3.63, 3.8) is 0 Å². The molecule has 1 fully saturated rings. The highest BCUT2D eigenvalue weighted by atomic mass is 32.1. The Labute approximate surface area is 108 Å². The minimum absolute atomic E-state index is 0.0841. The molecule has 1 aliphatic rings. The summed E-state index contributed by atoms with van der Waals surface area (Å²) in [7, 11) is 1.70. The average Bonchev–Trinajstić information content (AvgIpc) is 2.30. The number of amides is 1. The zero-order valence-corrected chi connectivity index (χ0v) is 11.5. The molecular formula is C12H22N2O2S. The van der Waals surface area contributed by atoms with Gasteiger partial charge in [0.05, 0.1) is 17.5 Å². The van der Waals surface area contributed by atoms with Gasteiger partial charge in [0.15, 0.2) is 0 Å². The van der Waals surface area contributed by atoms with E-state index < -0.39 is 0 Å². The molecule has 0 aromatic heterocycles. The van der Waals surface area contributed by atoms with Crippen LogP contribution in [0.3, 0.4) is 0 Å². The van der Waals surface area contributed by atoms with Crippen molar-refractivity contribution in [3.05, 3.63) is 0 Å². The molecule has 0 saturated carbocycles. The van der Waals surface area contributed by atoms with Crippen LogP contribution in [0.15, 0.2) is 0 Å². The number of carbonyl (C=O) groups excluding carboxylic acids is 1. The second-order valence-electron chi connectivity index (χ2n) is 4.61. The van der Waals surface area contributed by atoms with Gasteiger partial charge in [-0.2, -0.15) is 0 Å². The summed E-state index contributed by atoms with van der Waals surface area (Å²) in [4.78, 5) is 14.4. The normalized spacial score (nSPS) is 22.2. The molecule has 0 spiro atoms. The Balaban J connectivity index is 2.59. The van der Waals surface area contributed by atoms with Crippen LogP contribution in [0.5, 0.6) is 0 Å². The number of nitrogens with two attached hydrogens (primary N) is 1. The fourth-order valence-corrected chi connectivity index (χ4v) is 2.62. The third kappa shape index (κ3) is 3.92. The number of thiocarbonyl (C=S) groups is 1. The molecular weight excluding hydrogens is 236 g/mol. The first-order valence-electron chi connectivity index (χ1n) is 6.17. The first-order chi connectivity index (χ1) is 8.10. The number of ether oxygens (including phenoxy) is 1. The fourth-order valence-electron chi connectivity index (χ4n) is 2.35. The molecule has 2 atom stereocenters. The van der Waals surface area contributed by atoms with Gasteiger partial charge >= 0.3 is 0 Å². The van der Waals surface area contributed by atoms with Crippen LogP contribution in [0.2, 0.25) is 0 Å². The van der Waals surface area contributed by atoms with Gasteiger partial charge in [-0.15, -0.1) is 0 Å². The van der Waals surface area contributed by atoms with Gasteiger partial charge < -0.3 is 15.4 Å². The predicted molar refractivity (Wildman–Crippen MR) is 71.7 cm³/mol. The van der Waals surface area contributed by atoms with Gasteiger partial charge in [-0.05, 0) is 25.2 Å². The summed E-state index contributed by atoms with van der Waals surface area (Å²) in [6.45, 7) is 4.25. The molecule has 1 saturated heterocycles. The van der Waals surface area contributed by atoms with E-state index in [4.69, 9.17) is 22.7 Å². The minimum atomic E-state index is -0.300. The second kappa shape index (κ2) is 6.91. The smallest absolute Gasteiger partial charge is 0.232 e. The van der Waals surface area contributed by atoms with Gasteiger partial charge in [0.2, 0.25) is 5.91 Å². The zero-order valence-electron chi connectivity index (χ0n) is 10.6. The summed E-state index contributed by atoms with van der Waals surface area (Å²) < 4.78 is 5.16.